The highest BCUT2D eigenvalue weighted by molar-refractivity contribution is 9.10. The Balaban J connectivity index is 2.31. The van der Waals surface area contributed by atoms with E-state index in [1.54, 1.807) is 24.3 Å². The fourth-order valence-corrected chi connectivity index (χ4v) is 2.21. The Labute approximate surface area is 112 Å². The van der Waals surface area contributed by atoms with Crippen molar-refractivity contribution in [3.8, 4) is 0 Å². The van der Waals surface area contributed by atoms with Crippen LogP contribution in [0.5, 0.6) is 0 Å². The molecule has 17 heavy (non-hydrogen) atoms. The van der Waals surface area contributed by atoms with Gasteiger partial charge >= 0.3 is 0 Å². The molecule has 0 aromatic heterocycles. The third-order valence-corrected chi connectivity index (χ3v) is 3.02. The van der Waals surface area contributed by atoms with Gasteiger partial charge in [-0.1, -0.05) is 11.6 Å². The summed E-state index contributed by atoms with van der Waals surface area (Å²) in [5.74, 6) is -0.377. The zero-order chi connectivity index (χ0) is 12.4. The summed E-state index contributed by atoms with van der Waals surface area (Å²) in [6.45, 7) is 0. The van der Waals surface area contributed by atoms with Gasteiger partial charge in [0.2, 0.25) is 0 Å². The Hall–Kier alpha value is -1.26. The summed E-state index contributed by atoms with van der Waals surface area (Å²) >= 11 is 9.20. The second-order valence-electron chi connectivity index (χ2n) is 3.52. The van der Waals surface area contributed by atoms with E-state index in [0.29, 0.717) is 16.4 Å². The molecule has 0 aliphatic carbocycles. The van der Waals surface area contributed by atoms with E-state index < -0.39 is 0 Å². The van der Waals surface area contributed by atoms with Crippen LogP contribution in [0.25, 0.3) is 0 Å². The first-order valence-electron chi connectivity index (χ1n) is 4.83. The minimum atomic E-state index is -0.377. The number of rotatable bonds is 2. The van der Waals surface area contributed by atoms with E-state index in [-0.39, 0.29) is 5.82 Å². The normalized spacial score (nSPS) is 10.3. The molecule has 2 nitrogen and oxygen atoms in total. The predicted molar refractivity (Wildman–Crippen MR) is 73.2 cm³/mol. The molecule has 88 valence electrons. The lowest BCUT2D eigenvalue weighted by Gasteiger charge is -2.09. The maximum atomic E-state index is 13.1. The van der Waals surface area contributed by atoms with Crippen molar-refractivity contribution in [2.24, 2.45) is 0 Å². The van der Waals surface area contributed by atoms with Crippen LogP contribution in [0.3, 0.4) is 0 Å². The summed E-state index contributed by atoms with van der Waals surface area (Å²) in [6, 6.07) is 9.60. The molecule has 2 aromatic rings. The van der Waals surface area contributed by atoms with Crippen molar-refractivity contribution < 1.29 is 4.39 Å². The molecule has 0 radical (unpaired) electrons. The van der Waals surface area contributed by atoms with Crippen molar-refractivity contribution >= 4 is 44.6 Å². The van der Waals surface area contributed by atoms with Gasteiger partial charge in [0.15, 0.2) is 0 Å². The highest BCUT2D eigenvalue weighted by atomic mass is 79.9. The Morgan fingerprint density at radius 1 is 1.18 bits per heavy atom. The third-order valence-electron chi connectivity index (χ3n) is 2.13. The maximum Gasteiger partial charge on any atom is 0.127 e. The second kappa shape index (κ2) is 4.94. The largest absolute Gasteiger partial charge is 0.399 e. The van der Waals surface area contributed by atoms with Crippen molar-refractivity contribution in [2.45, 2.75) is 0 Å². The van der Waals surface area contributed by atoms with Crippen LogP contribution < -0.4 is 11.1 Å². The number of anilines is 3. The molecule has 2 rings (SSSR count). The Morgan fingerprint density at radius 3 is 2.59 bits per heavy atom. The molecule has 0 saturated heterocycles. The van der Waals surface area contributed by atoms with Crippen LogP contribution in [0.4, 0.5) is 21.5 Å². The highest BCUT2D eigenvalue weighted by Crippen LogP contribution is 2.29. The van der Waals surface area contributed by atoms with Gasteiger partial charge in [-0.3, -0.25) is 0 Å². The van der Waals surface area contributed by atoms with E-state index in [0.717, 1.165) is 10.2 Å². The van der Waals surface area contributed by atoms with E-state index in [1.807, 2.05) is 0 Å². The lowest BCUT2D eigenvalue weighted by molar-refractivity contribution is 0.629. The molecule has 5 heteroatoms. The monoisotopic (exact) mass is 314 g/mol. The van der Waals surface area contributed by atoms with Gasteiger partial charge in [0.1, 0.15) is 5.82 Å². The van der Waals surface area contributed by atoms with Gasteiger partial charge in [-0.2, -0.15) is 0 Å². The standard InChI is InChI=1S/C12H9BrClFN2/c13-11-3-7(14)1-2-12(11)17-10-5-8(15)4-9(16)6-10/h1-6,17H,16H2. The molecule has 0 aliphatic rings. The average Bonchev–Trinajstić information content (AvgIpc) is 2.21. The number of benzene rings is 2. The lowest BCUT2D eigenvalue weighted by atomic mass is 10.2. The molecular formula is C12H9BrClFN2. The van der Waals surface area contributed by atoms with Crippen LogP contribution in [-0.2, 0) is 0 Å². The van der Waals surface area contributed by atoms with Crippen molar-refractivity contribution in [3.05, 3.63) is 51.7 Å². The maximum absolute atomic E-state index is 13.1. The Bertz CT molecular complexity index is 540. The molecule has 0 fully saturated rings. The molecule has 3 N–H and O–H groups in total. The van der Waals surface area contributed by atoms with Gasteiger partial charge in [-0.25, -0.2) is 4.39 Å². The van der Waals surface area contributed by atoms with Gasteiger partial charge in [-0.15, -0.1) is 0 Å². The van der Waals surface area contributed by atoms with Crippen LogP contribution in [0, 0.1) is 5.82 Å². The number of hydrogen-bond donors (Lipinski definition) is 2. The molecule has 0 aliphatic heterocycles. The van der Waals surface area contributed by atoms with E-state index in [1.165, 1.54) is 12.1 Å². The van der Waals surface area contributed by atoms with Gasteiger partial charge in [0, 0.05) is 20.9 Å². The summed E-state index contributed by atoms with van der Waals surface area (Å²) in [5, 5.41) is 3.68. The van der Waals surface area contributed by atoms with Crippen LogP contribution >= 0.6 is 27.5 Å². The molecule has 2 aromatic carbocycles. The van der Waals surface area contributed by atoms with E-state index >= 15 is 0 Å². The molecule has 0 spiro atoms. The first-order valence-corrected chi connectivity index (χ1v) is 6.00. The number of nitrogen functional groups attached to an aromatic ring is 1. The van der Waals surface area contributed by atoms with Crippen molar-refractivity contribution in [2.75, 3.05) is 11.1 Å². The van der Waals surface area contributed by atoms with Crippen molar-refractivity contribution in [1.29, 1.82) is 0 Å². The molecule has 0 saturated carbocycles. The average molecular weight is 316 g/mol. The van der Waals surface area contributed by atoms with Crippen molar-refractivity contribution in [3.63, 3.8) is 0 Å². The minimum absolute atomic E-state index is 0.373. The van der Waals surface area contributed by atoms with Gasteiger partial charge in [-0.05, 0) is 52.3 Å². The van der Waals surface area contributed by atoms with E-state index in [4.69, 9.17) is 17.3 Å². The molecule has 0 atom stereocenters. The second-order valence-corrected chi connectivity index (χ2v) is 4.81. The fraction of sp³-hybridized carbons (Fsp3) is 0. The van der Waals surface area contributed by atoms with Crippen LogP contribution in [0.1, 0.15) is 0 Å². The number of nitrogens with two attached hydrogens (primary N) is 1. The lowest BCUT2D eigenvalue weighted by Crippen LogP contribution is -1.94. The quantitative estimate of drug-likeness (QED) is 0.797. The van der Waals surface area contributed by atoms with Crippen LogP contribution in [-0.4, -0.2) is 0 Å². The van der Waals surface area contributed by atoms with Gasteiger partial charge in [0.25, 0.3) is 0 Å². The summed E-state index contributed by atoms with van der Waals surface area (Å²) < 4.78 is 13.9. The molecule has 0 unspecified atom stereocenters. The smallest absolute Gasteiger partial charge is 0.127 e. The molecule has 0 heterocycles. The summed E-state index contributed by atoms with van der Waals surface area (Å²) in [4.78, 5) is 0. The Kier molecular flexibility index (Phi) is 3.54. The van der Waals surface area contributed by atoms with Crippen LogP contribution in [0.15, 0.2) is 40.9 Å². The van der Waals surface area contributed by atoms with E-state index in [2.05, 4.69) is 21.2 Å². The first-order chi connectivity index (χ1) is 8.04. The zero-order valence-corrected chi connectivity index (χ0v) is 11.0. The van der Waals surface area contributed by atoms with Crippen molar-refractivity contribution in [1.82, 2.24) is 0 Å². The minimum Gasteiger partial charge on any atom is -0.399 e. The van der Waals surface area contributed by atoms with Crippen LogP contribution in [0.2, 0.25) is 5.02 Å². The summed E-state index contributed by atoms with van der Waals surface area (Å²) in [7, 11) is 0. The number of halogens is 3. The SMILES string of the molecule is Nc1cc(F)cc(Nc2ccc(Cl)cc2Br)c1. The zero-order valence-electron chi connectivity index (χ0n) is 8.68. The third kappa shape index (κ3) is 3.11. The number of nitrogens with one attached hydrogen (secondary N) is 1. The predicted octanol–water partition coefficient (Wildman–Crippen LogP) is 4.57. The van der Waals surface area contributed by atoms with Gasteiger partial charge < -0.3 is 11.1 Å². The summed E-state index contributed by atoms with van der Waals surface area (Å²) in [5.41, 5.74) is 7.31. The fourth-order valence-electron chi connectivity index (χ4n) is 1.43. The summed E-state index contributed by atoms with van der Waals surface area (Å²) in [6.07, 6.45) is 0. The highest BCUT2D eigenvalue weighted by Gasteiger charge is 2.03. The first kappa shape index (κ1) is 12.2. The molecule has 0 amide bonds. The Morgan fingerprint density at radius 2 is 1.94 bits per heavy atom. The van der Waals surface area contributed by atoms with E-state index in [9.17, 15) is 4.39 Å². The molecule has 0 bridgehead atoms. The topological polar surface area (TPSA) is 38.0 Å². The molecular weight excluding hydrogens is 307 g/mol. The van der Waals surface area contributed by atoms with Gasteiger partial charge in [0.05, 0.1) is 5.69 Å². The number of hydrogen-bond acceptors (Lipinski definition) is 2.